The largest absolute Gasteiger partial charge is 0.386 e. The van der Waals surface area contributed by atoms with Crippen LogP contribution in [0.15, 0.2) is 27.4 Å². The lowest BCUT2D eigenvalue weighted by Gasteiger charge is -2.14. The molecule has 1 aliphatic carbocycles. The predicted molar refractivity (Wildman–Crippen MR) is 54.1 cm³/mol. The molecule has 84 valence electrons. The molecule has 1 aromatic heterocycles. The standard InChI is InChI=1S/C10H10N2O4/c1-4-3-12(10(15)11-9(4)14)6-2-5-7(13)8(5)16-6/h2-3,6-8,13H,1H3,(H,11,14,15). The van der Waals surface area contributed by atoms with Crippen molar-refractivity contribution >= 4 is 0 Å². The second-order valence-corrected chi connectivity index (χ2v) is 4.04. The number of aliphatic hydroxyl groups excluding tert-OH is 1. The summed E-state index contributed by atoms with van der Waals surface area (Å²) in [6.45, 7) is 1.62. The Balaban J connectivity index is 2.03. The summed E-state index contributed by atoms with van der Waals surface area (Å²) in [5.74, 6) is 0. The molecule has 1 aromatic rings. The first-order valence-corrected chi connectivity index (χ1v) is 4.95. The summed E-state index contributed by atoms with van der Waals surface area (Å²) in [6.07, 6.45) is 1.85. The Kier molecular flexibility index (Phi) is 1.75. The molecule has 0 aromatic carbocycles. The van der Waals surface area contributed by atoms with Gasteiger partial charge in [0.1, 0.15) is 12.2 Å². The van der Waals surface area contributed by atoms with Crippen LogP contribution in [0.25, 0.3) is 0 Å². The number of hydrogen-bond acceptors (Lipinski definition) is 4. The zero-order valence-corrected chi connectivity index (χ0v) is 8.51. The lowest BCUT2D eigenvalue weighted by Crippen LogP contribution is -2.33. The van der Waals surface area contributed by atoms with Gasteiger partial charge in [-0.2, -0.15) is 0 Å². The van der Waals surface area contributed by atoms with Gasteiger partial charge in [-0.05, 0) is 18.6 Å². The molecular weight excluding hydrogens is 212 g/mol. The number of aromatic amines is 1. The quantitative estimate of drug-likeness (QED) is 0.599. The summed E-state index contributed by atoms with van der Waals surface area (Å²) in [4.78, 5) is 24.9. The van der Waals surface area contributed by atoms with Crippen molar-refractivity contribution < 1.29 is 9.84 Å². The van der Waals surface area contributed by atoms with E-state index in [4.69, 9.17) is 4.74 Å². The first-order valence-electron chi connectivity index (χ1n) is 4.95. The van der Waals surface area contributed by atoms with Gasteiger partial charge in [0, 0.05) is 11.8 Å². The minimum absolute atomic E-state index is 0.274. The number of nitrogens with one attached hydrogen (secondary N) is 1. The molecule has 0 amide bonds. The van der Waals surface area contributed by atoms with Crippen LogP contribution in [-0.2, 0) is 4.74 Å². The first kappa shape index (κ1) is 9.56. The molecule has 3 unspecified atom stereocenters. The molecule has 3 atom stereocenters. The Hall–Kier alpha value is -1.66. The molecule has 0 spiro atoms. The monoisotopic (exact) mass is 222 g/mol. The average molecular weight is 222 g/mol. The van der Waals surface area contributed by atoms with Crippen molar-refractivity contribution in [3.05, 3.63) is 44.2 Å². The highest BCUT2D eigenvalue weighted by molar-refractivity contribution is 5.38. The molecule has 1 saturated carbocycles. The third kappa shape index (κ3) is 1.20. The Bertz CT molecular complexity index is 598. The Morgan fingerprint density at radius 1 is 1.50 bits per heavy atom. The van der Waals surface area contributed by atoms with Crippen molar-refractivity contribution in [2.24, 2.45) is 0 Å². The molecule has 1 fully saturated rings. The van der Waals surface area contributed by atoms with Gasteiger partial charge in [0.15, 0.2) is 6.23 Å². The number of rotatable bonds is 1. The number of fused-ring (bicyclic) bond motifs is 1. The van der Waals surface area contributed by atoms with Gasteiger partial charge >= 0.3 is 5.69 Å². The summed E-state index contributed by atoms with van der Waals surface area (Å²) in [7, 11) is 0. The summed E-state index contributed by atoms with van der Waals surface area (Å²) in [5, 5.41) is 9.24. The van der Waals surface area contributed by atoms with Crippen LogP contribution in [0.3, 0.4) is 0 Å². The number of hydrogen-bond donors (Lipinski definition) is 2. The highest BCUT2D eigenvalue weighted by atomic mass is 16.5. The van der Waals surface area contributed by atoms with Crippen LogP contribution < -0.4 is 11.2 Å². The molecule has 6 heteroatoms. The highest BCUT2D eigenvalue weighted by Crippen LogP contribution is 2.43. The number of aryl methyl sites for hydroxylation is 1. The normalized spacial score (nSPS) is 31.1. The molecule has 0 saturated heterocycles. The van der Waals surface area contributed by atoms with E-state index >= 15 is 0 Å². The Labute approximate surface area is 89.8 Å². The van der Waals surface area contributed by atoms with E-state index in [-0.39, 0.29) is 6.10 Å². The summed E-state index contributed by atoms with van der Waals surface area (Å²) >= 11 is 0. The van der Waals surface area contributed by atoms with Crippen LogP contribution in [0.1, 0.15) is 11.8 Å². The van der Waals surface area contributed by atoms with Crippen molar-refractivity contribution in [1.82, 2.24) is 9.55 Å². The van der Waals surface area contributed by atoms with Crippen molar-refractivity contribution in [2.75, 3.05) is 0 Å². The maximum absolute atomic E-state index is 11.5. The minimum atomic E-state index is -0.522. The van der Waals surface area contributed by atoms with E-state index in [2.05, 4.69) is 4.98 Å². The lowest BCUT2D eigenvalue weighted by atomic mass is 10.3. The number of ether oxygens (including phenoxy) is 1. The first-order chi connectivity index (χ1) is 7.58. The molecule has 3 rings (SSSR count). The fourth-order valence-corrected chi connectivity index (χ4v) is 1.86. The van der Waals surface area contributed by atoms with E-state index in [0.29, 0.717) is 5.56 Å². The fraction of sp³-hybridized carbons (Fsp3) is 0.400. The molecule has 16 heavy (non-hydrogen) atoms. The van der Waals surface area contributed by atoms with Crippen molar-refractivity contribution in [1.29, 1.82) is 0 Å². The van der Waals surface area contributed by atoms with Crippen LogP contribution >= 0.6 is 0 Å². The number of H-pyrrole nitrogens is 1. The van der Waals surface area contributed by atoms with Crippen LogP contribution in [0, 0.1) is 6.92 Å². The third-order valence-corrected chi connectivity index (χ3v) is 2.89. The predicted octanol–water partition coefficient (Wildman–Crippen LogP) is -0.957. The SMILES string of the molecule is Cc1cn(C2C=C3C(O)C3O2)c(=O)[nH]c1=O. The van der Waals surface area contributed by atoms with Gasteiger partial charge in [-0.25, -0.2) is 4.79 Å². The van der Waals surface area contributed by atoms with Gasteiger partial charge in [0.25, 0.3) is 5.56 Å². The smallest absolute Gasteiger partial charge is 0.330 e. The molecule has 0 bridgehead atoms. The van der Waals surface area contributed by atoms with Crippen LogP contribution in [0.4, 0.5) is 0 Å². The van der Waals surface area contributed by atoms with Crippen LogP contribution in [0.2, 0.25) is 0 Å². The number of nitrogens with zero attached hydrogens (tertiary/aromatic N) is 1. The second-order valence-electron chi connectivity index (χ2n) is 4.04. The van der Waals surface area contributed by atoms with E-state index in [9.17, 15) is 14.7 Å². The lowest BCUT2D eigenvalue weighted by molar-refractivity contribution is 0.0108. The molecular formula is C10H10N2O4. The maximum Gasteiger partial charge on any atom is 0.330 e. The van der Waals surface area contributed by atoms with E-state index < -0.39 is 23.6 Å². The van der Waals surface area contributed by atoms with Crippen molar-refractivity contribution in [2.45, 2.75) is 25.4 Å². The fourth-order valence-electron chi connectivity index (χ4n) is 1.86. The maximum atomic E-state index is 11.5. The number of aliphatic hydroxyl groups is 1. The molecule has 6 nitrogen and oxygen atoms in total. The Morgan fingerprint density at radius 3 is 2.88 bits per heavy atom. The molecule has 2 aliphatic rings. The summed E-state index contributed by atoms with van der Waals surface area (Å²) in [5.41, 5.74) is 0.355. The zero-order chi connectivity index (χ0) is 11.4. The van der Waals surface area contributed by atoms with Crippen LogP contribution in [-0.4, -0.2) is 26.9 Å². The van der Waals surface area contributed by atoms with E-state index in [1.54, 1.807) is 13.0 Å². The van der Waals surface area contributed by atoms with Gasteiger partial charge in [0.05, 0.1) is 0 Å². The van der Waals surface area contributed by atoms with Gasteiger partial charge in [-0.1, -0.05) is 0 Å². The second kappa shape index (κ2) is 2.93. The third-order valence-electron chi connectivity index (χ3n) is 2.89. The van der Waals surface area contributed by atoms with Crippen LogP contribution in [0.5, 0.6) is 0 Å². The summed E-state index contributed by atoms with van der Waals surface area (Å²) in [6, 6.07) is 0. The number of aromatic nitrogens is 2. The van der Waals surface area contributed by atoms with Gasteiger partial charge in [-0.15, -0.1) is 0 Å². The highest BCUT2D eigenvalue weighted by Gasteiger charge is 2.50. The molecule has 2 N–H and O–H groups in total. The van der Waals surface area contributed by atoms with Gasteiger partial charge in [-0.3, -0.25) is 14.3 Å². The van der Waals surface area contributed by atoms with Gasteiger partial charge < -0.3 is 9.84 Å². The molecule has 1 aliphatic heterocycles. The van der Waals surface area contributed by atoms with Gasteiger partial charge in [0.2, 0.25) is 0 Å². The minimum Gasteiger partial charge on any atom is -0.386 e. The van der Waals surface area contributed by atoms with Crippen molar-refractivity contribution in [3.8, 4) is 0 Å². The Morgan fingerprint density at radius 2 is 2.25 bits per heavy atom. The average Bonchev–Trinajstić information content (AvgIpc) is 2.69. The topological polar surface area (TPSA) is 84.3 Å². The zero-order valence-electron chi connectivity index (χ0n) is 8.51. The van der Waals surface area contributed by atoms with E-state index in [1.165, 1.54) is 10.8 Å². The van der Waals surface area contributed by atoms with E-state index in [0.717, 1.165) is 5.57 Å². The molecule has 0 radical (unpaired) electrons. The summed E-state index contributed by atoms with van der Waals surface area (Å²) < 4.78 is 6.72. The molecule has 2 heterocycles. The van der Waals surface area contributed by atoms with E-state index in [1.807, 2.05) is 0 Å². The van der Waals surface area contributed by atoms with Crippen molar-refractivity contribution in [3.63, 3.8) is 0 Å².